The van der Waals surface area contributed by atoms with Crippen molar-refractivity contribution in [2.45, 2.75) is 0 Å². The summed E-state index contributed by atoms with van der Waals surface area (Å²) in [7, 11) is 0. The van der Waals surface area contributed by atoms with Crippen LogP contribution in [0.25, 0.3) is 21.5 Å². The number of hydrogen-bond donors (Lipinski definition) is 1. The first kappa shape index (κ1) is 25.6. The molecular weight excluding hydrogens is 503 g/mol. The number of benzene rings is 4. The van der Waals surface area contributed by atoms with Crippen LogP contribution in [0.3, 0.4) is 0 Å². The Kier molecular flexibility index (Phi) is 7.81. The molecule has 0 atom stereocenters. The Morgan fingerprint density at radius 1 is 0.806 bits per heavy atom. The van der Waals surface area contributed by atoms with Crippen molar-refractivity contribution >= 4 is 39.9 Å². The van der Waals surface area contributed by atoms with E-state index in [9.17, 15) is 30.6 Å². The van der Waals surface area contributed by atoms with Crippen molar-refractivity contribution in [3.8, 4) is 23.6 Å². The summed E-state index contributed by atoms with van der Waals surface area (Å²) in [6.45, 7) is 0. The van der Waals surface area contributed by atoms with E-state index in [0.717, 1.165) is 11.6 Å². The van der Waals surface area contributed by atoms with Crippen molar-refractivity contribution < 1.29 is 36.6 Å². The van der Waals surface area contributed by atoms with Crippen molar-refractivity contribution in [1.82, 2.24) is 0 Å². The minimum atomic E-state index is -1.39. The number of fused-ring (bicyclic) bond motifs is 2. The van der Waals surface area contributed by atoms with Gasteiger partial charge in [-0.1, -0.05) is 72.2 Å². The second-order valence-electron chi connectivity index (χ2n) is 7.33. The summed E-state index contributed by atoms with van der Waals surface area (Å²) in [5.74, 6) is -2.47. The third-order valence-electron chi connectivity index (χ3n) is 5.28. The van der Waals surface area contributed by atoms with Crippen molar-refractivity contribution in [2.24, 2.45) is 9.98 Å². The molecule has 176 valence electrons. The van der Waals surface area contributed by atoms with Crippen molar-refractivity contribution in [3.05, 3.63) is 94.8 Å². The maximum absolute atomic E-state index is 12.7. The second-order valence-corrected chi connectivity index (χ2v) is 7.33. The maximum atomic E-state index is 12.7. The molecule has 0 radical (unpaired) electrons. The molecule has 9 heteroatoms. The number of nitrogens with zero attached hydrogens (tertiary/aromatic N) is 4. The van der Waals surface area contributed by atoms with E-state index in [1.54, 1.807) is 54.6 Å². The molecule has 4 aromatic rings. The van der Waals surface area contributed by atoms with E-state index in [4.69, 9.17) is 0 Å². The summed E-state index contributed by atoms with van der Waals surface area (Å²) in [5, 5.41) is 56.0. The minimum absolute atomic E-state index is 0. The summed E-state index contributed by atoms with van der Waals surface area (Å²) in [5.41, 5.74) is -1.00. The Morgan fingerprint density at radius 3 is 1.92 bits per heavy atom. The van der Waals surface area contributed by atoms with Crippen LogP contribution < -0.4 is 10.2 Å². The number of carboxylic acids is 1. The average molecular weight is 517 g/mol. The van der Waals surface area contributed by atoms with Crippen molar-refractivity contribution in [2.75, 3.05) is 0 Å². The predicted molar refractivity (Wildman–Crippen MR) is 127 cm³/mol. The molecular formula is C27H14N4NiO4. The fourth-order valence-corrected chi connectivity index (χ4v) is 3.60. The number of aliphatic imine (C=N–C) groups is 2. The van der Waals surface area contributed by atoms with Crippen LogP contribution in [0.2, 0.25) is 0 Å². The van der Waals surface area contributed by atoms with E-state index in [2.05, 4.69) is 9.98 Å². The van der Waals surface area contributed by atoms with Crippen LogP contribution in [0, 0.1) is 22.7 Å². The van der Waals surface area contributed by atoms with E-state index in [1.165, 1.54) is 18.3 Å². The van der Waals surface area contributed by atoms with Gasteiger partial charge in [0.1, 0.15) is 12.1 Å². The molecule has 0 aliphatic rings. The maximum Gasteiger partial charge on any atom is 2.00 e. The SMILES string of the molecule is N#CC(N=Cc1c([O-])ccc2ccccc12)=C(C#N)N=Cc1c([O-])c(C(=O)O)cc2ccccc12.[Ni+2]. The van der Waals surface area contributed by atoms with Gasteiger partial charge in [-0.15, -0.1) is 0 Å². The van der Waals surface area contributed by atoms with Gasteiger partial charge < -0.3 is 15.3 Å². The molecule has 0 amide bonds. The number of allylic oxidation sites excluding steroid dienone is 2. The standard InChI is InChI=1S/C27H16N4O4.Ni/c28-12-23(30-14-21-18-7-3-1-5-16(18)9-10-25(21)32)24(13-29)31-15-22-19-8-4-2-6-17(19)11-20(26(22)33)27(34)35;/h1-11,14-15,32-33H,(H,34,35);/q;+2/p-2. The second kappa shape index (κ2) is 11.0. The van der Waals surface area contributed by atoms with Crippen LogP contribution in [-0.4, -0.2) is 23.5 Å². The van der Waals surface area contributed by atoms with Gasteiger partial charge in [0.25, 0.3) is 0 Å². The molecule has 0 bridgehead atoms. The molecule has 36 heavy (non-hydrogen) atoms. The third-order valence-corrected chi connectivity index (χ3v) is 5.28. The summed E-state index contributed by atoms with van der Waals surface area (Å²) >= 11 is 0. The van der Waals surface area contributed by atoms with Gasteiger partial charge in [-0.05, 0) is 38.7 Å². The minimum Gasteiger partial charge on any atom is -0.872 e. The Hall–Kier alpha value is -4.98. The summed E-state index contributed by atoms with van der Waals surface area (Å²) in [4.78, 5) is 19.5. The predicted octanol–water partition coefficient (Wildman–Crippen LogP) is 3.63. The van der Waals surface area contributed by atoms with Gasteiger partial charge in [0.05, 0.1) is 5.56 Å². The fraction of sp³-hybridized carbons (Fsp3) is 0. The van der Waals surface area contributed by atoms with Gasteiger partial charge in [0.15, 0.2) is 11.4 Å². The molecule has 0 aromatic heterocycles. The Labute approximate surface area is 215 Å². The molecule has 8 nitrogen and oxygen atoms in total. The summed E-state index contributed by atoms with van der Waals surface area (Å²) in [6.07, 6.45) is 2.26. The number of nitriles is 2. The number of hydrogen-bond acceptors (Lipinski definition) is 7. The van der Waals surface area contributed by atoms with Crippen molar-refractivity contribution in [3.63, 3.8) is 0 Å². The van der Waals surface area contributed by atoms with Crippen LogP contribution in [0.4, 0.5) is 0 Å². The number of carboxylic acid groups (broad SMARTS) is 1. The molecule has 4 rings (SSSR count). The van der Waals surface area contributed by atoms with Crippen LogP contribution in [0.5, 0.6) is 11.5 Å². The van der Waals surface area contributed by atoms with E-state index in [1.807, 2.05) is 12.1 Å². The first-order chi connectivity index (χ1) is 16.9. The number of rotatable bonds is 5. The fourth-order valence-electron chi connectivity index (χ4n) is 3.60. The molecule has 4 aromatic carbocycles. The van der Waals surface area contributed by atoms with E-state index >= 15 is 0 Å². The van der Waals surface area contributed by atoms with Crippen LogP contribution in [-0.2, 0) is 16.5 Å². The monoisotopic (exact) mass is 516 g/mol. The first-order valence-corrected chi connectivity index (χ1v) is 10.2. The van der Waals surface area contributed by atoms with Gasteiger partial charge >= 0.3 is 22.5 Å². The third kappa shape index (κ3) is 4.93. The molecule has 0 heterocycles. The van der Waals surface area contributed by atoms with E-state index in [-0.39, 0.29) is 39.1 Å². The molecule has 1 N–H and O–H groups in total. The van der Waals surface area contributed by atoms with Gasteiger partial charge in [0.2, 0.25) is 0 Å². The molecule has 0 aliphatic heterocycles. The number of carbonyl (C=O) groups is 1. The van der Waals surface area contributed by atoms with Gasteiger partial charge in [-0.25, -0.2) is 14.8 Å². The van der Waals surface area contributed by atoms with Crippen LogP contribution in [0.1, 0.15) is 21.5 Å². The zero-order chi connectivity index (χ0) is 24.9. The van der Waals surface area contributed by atoms with Gasteiger partial charge in [-0.3, -0.25) is 0 Å². The Bertz CT molecular complexity index is 1680. The summed E-state index contributed by atoms with van der Waals surface area (Å²) < 4.78 is 0. The topological polar surface area (TPSA) is 156 Å². The van der Waals surface area contributed by atoms with Gasteiger partial charge in [-0.2, -0.15) is 10.5 Å². The average Bonchev–Trinajstić information content (AvgIpc) is 2.87. The van der Waals surface area contributed by atoms with Crippen LogP contribution in [0.15, 0.2) is 88.1 Å². The molecule has 0 aliphatic carbocycles. The number of aromatic carboxylic acids is 1. The molecule has 0 unspecified atom stereocenters. The largest absolute Gasteiger partial charge is 2.00 e. The normalized spacial score (nSPS) is 11.7. The zero-order valence-corrected chi connectivity index (χ0v) is 19.3. The molecule has 0 saturated carbocycles. The Morgan fingerprint density at radius 2 is 1.33 bits per heavy atom. The molecule has 0 saturated heterocycles. The van der Waals surface area contributed by atoms with E-state index < -0.39 is 23.0 Å². The van der Waals surface area contributed by atoms with Crippen molar-refractivity contribution in [1.29, 1.82) is 10.5 Å². The molecule has 0 fully saturated rings. The summed E-state index contributed by atoms with van der Waals surface area (Å²) in [6, 6.07) is 21.7. The Balaban J connectivity index is 0.00000361. The van der Waals surface area contributed by atoms with Crippen LogP contribution >= 0.6 is 0 Å². The smallest absolute Gasteiger partial charge is 0.872 e. The zero-order valence-electron chi connectivity index (χ0n) is 18.3. The first-order valence-electron chi connectivity index (χ1n) is 10.2. The van der Waals surface area contributed by atoms with E-state index in [0.29, 0.717) is 16.2 Å². The quantitative estimate of drug-likeness (QED) is 0.242. The molecule has 0 spiro atoms. The van der Waals surface area contributed by atoms with Gasteiger partial charge in [0, 0.05) is 12.4 Å².